The molecule has 3 aliphatic rings. The Labute approximate surface area is 175 Å². The fraction of sp³-hybridized carbons (Fsp3) is 0.696. The Kier molecular flexibility index (Phi) is 6.60. The maximum atomic E-state index is 12.8. The molecule has 0 N–H and O–H groups in total. The van der Waals surface area contributed by atoms with Gasteiger partial charge in [-0.3, -0.25) is 4.79 Å². The third-order valence-electron chi connectivity index (χ3n) is 7.15. The summed E-state index contributed by atoms with van der Waals surface area (Å²) in [5, 5.41) is 0. The van der Waals surface area contributed by atoms with Crippen LogP contribution in [0.5, 0.6) is 0 Å². The van der Waals surface area contributed by atoms with Crippen LogP contribution in [-0.4, -0.2) is 49.7 Å². The monoisotopic (exact) mass is 418 g/mol. The summed E-state index contributed by atoms with van der Waals surface area (Å²) in [4.78, 5) is 15.1. The van der Waals surface area contributed by atoms with Crippen molar-refractivity contribution in [3.05, 3.63) is 29.8 Å². The van der Waals surface area contributed by atoms with Crippen molar-refractivity contribution in [3.8, 4) is 0 Å². The highest BCUT2D eigenvalue weighted by Gasteiger charge is 2.32. The van der Waals surface area contributed by atoms with Crippen molar-refractivity contribution >= 4 is 15.9 Å². The van der Waals surface area contributed by atoms with E-state index in [0.717, 1.165) is 43.8 Å². The van der Waals surface area contributed by atoms with Crippen LogP contribution in [0.25, 0.3) is 0 Å². The van der Waals surface area contributed by atoms with Crippen molar-refractivity contribution in [1.29, 1.82) is 0 Å². The van der Waals surface area contributed by atoms with E-state index in [2.05, 4.69) is 4.90 Å². The van der Waals surface area contributed by atoms with Crippen molar-refractivity contribution in [3.63, 3.8) is 0 Å². The minimum Gasteiger partial charge on any atom is -0.342 e. The summed E-state index contributed by atoms with van der Waals surface area (Å²) >= 11 is 0. The predicted molar refractivity (Wildman–Crippen MR) is 114 cm³/mol. The van der Waals surface area contributed by atoms with E-state index in [0.29, 0.717) is 36.7 Å². The first kappa shape index (κ1) is 20.9. The zero-order chi connectivity index (χ0) is 20.3. The molecule has 4 rings (SSSR count). The maximum absolute atomic E-state index is 12.8. The second-order valence-corrected chi connectivity index (χ2v) is 11.0. The summed E-state index contributed by atoms with van der Waals surface area (Å²) in [5.74, 6) is 1.79. The van der Waals surface area contributed by atoms with Gasteiger partial charge in [-0.15, -0.1) is 0 Å². The Morgan fingerprint density at radius 2 is 1.55 bits per heavy atom. The van der Waals surface area contributed by atoms with Gasteiger partial charge in [0.2, 0.25) is 15.9 Å². The van der Waals surface area contributed by atoms with E-state index >= 15 is 0 Å². The number of aryl methyl sites for hydroxylation is 1. The zero-order valence-electron chi connectivity index (χ0n) is 17.4. The molecule has 2 saturated heterocycles. The number of rotatable bonds is 5. The predicted octanol–water partition coefficient (Wildman–Crippen LogP) is 3.83. The Morgan fingerprint density at radius 1 is 0.862 bits per heavy atom. The summed E-state index contributed by atoms with van der Waals surface area (Å²) in [6.07, 6.45) is 10.6. The summed E-state index contributed by atoms with van der Waals surface area (Å²) in [6, 6.07) is 7.16. The first-order valence-corrected chi connectivity index (χ1v) is 12.8. The van der Waals surface area contributed by atoms with E-state index in [1.165, 1.54) is 32.1 Å². The number of hydrogen-bond acceptors (Lipinski definition) is 3. The molecule has 2 atom stereocenters. The zero-order valence-corrected chi connectivity index (χ0v) is 18.2. The highest BCUT2D eigenvalue weighted by Crippen LogP contribution is 2.36. The van der Waals surface area contributed by atoms with Gasteiger partial charge < -0.3 is 4.90 Å². The Bertz CT molecular complexity index is 800. The number of carbonyl (C=O) groups excluding carboxylic acids is 1. The van der Waals surface area contributed by atoms with E-state index in [9.17, 15) is 13.2 Å². The van der Waals surface area contributed by atoms with E-state index in [4.69, 9.17) is 0 Å². The lowest BCUT2D eigenvalue weighted by Crippen LogP contribution is -2.44. The fourth-order valence-corrected chi connectivity index (χ4v) is 6.84. The molecule has 0 radical (unpaired) electrons. The van der Waals surface area contributed by atoms with Gasteiger partial charge in [0, 0.05) is 32.6 Å². The number of benzene rings is 1. The number of likely N-dealkylation sites (tertiary alicyclic amines) is 1. The van der Waals surface area contributed by atoms with Gasteiger partial charge >= 0.3 is 0 Å². The molecular formula is C23H34N2O3S. The SMILES string of the molecule is O=C(CCc1ccc(S(=O)(=O)N2CCCCC2)cc1)N1CC[C@@H]2CCCC[C@H]2C1. The molecular weight excluding hydrogens is 384 g/mol. The number of nitrogens with zero attached hydrogens (tertiary/aromatic N) is 2. The molecule has 160 valence electrons. The van der Waals surface area contributed by atoms with Crippen molar-refractivity contribution in [2.24, 2.45) is 11.8 Å². The number of hydrogen-bond donors (Lipinski definition) is 0. The van der Waals surface area contributed by atoms with Gasteiger partial charge in [-0.1, -0.05) is 37.8 Å². The van der Waals surface area contributed by atoms with E-state index in [1.54, 1.807) is 16.4 Å². The van der Waals surface area contributed by atoms with E-state index in [1.807, 2.05) is 12.1 Å². The van der Waals surface area contributed by atoms with Crippen LogP contribution in [0.15, 0.2) is 29.2 Å². The van der Waals surface area contributed by atoms with Crippen LogP contribution in [0.4, 0.5) is 0 Å². The second kappa shape index (κ2) is 9.17. The van der Waals surface area contributed by atoms with Crippen molar-refractivity contribution in [2.45, 2.75) is 69.1 Å². The van der Waals surface area contributed by atoms with Crippen LogP contribution in [0.1, 0.15) is 63.4 Å². The van der Waals surface area contributed by atoms with Gasteiger partial charge in [-0.2, -0.15) is 4.31 Å². The molecule has 1 aromatic rings. The number of amides is 1. The molecule has 1 aromatic carbocycles. The van der Waals surface area contributed by atoms with Gasteiger partial charge in [-0.05, 0) is 61.6 Å². The van der Waals surface area contributed by atoms with Crippen molar-refractivity contribution < 1.29 is 13.2 Å². The topological polar surface area (TPSA) is 57.7 Å². The Morgan fingerprint density at radius 3 is 2.28 bits per heavy atom. The number of sulfonamides is 1. The van der Waals surface area contributed by atoms with Gasteiger partial charge in [0.1, 0.15) is 0 Å². The normalized spacial score (nSPS) is 26.1. The molecule has 0 aromatic heterocycles. The van der Waals surface area contributed by atoms with Crippen LogP contribution < -0.4 is 0 Å². The summed E-state index contributed by atoms with van der Waals surface area (Å²) < 4.78 is 27.1. The molecule has 3 fully saturated rings. The third kappa shape index (κ3) is 4.85. The first-order valence-electron chi connectivity index (χ1n) is 11.4. The minimum atomic E-state index is -3.38. The smallest absolute Gasteiger partial charge is 0.243 e. The van der Waals surface area contributed by atoms with E-state index < -0.39 is 10.0 Å². The van der Waals surface area contributed by atoms with Crippen LogP contribution in [-0.2, 0) is 21.2 Å². The lowest BCUT2D eigenvalue weighted by Gasteiger charge is -2.41. The third-order valence-corrected chi connectivity index (χ3v) is 9.06. The molecule has 2 heterocycles. The fourth-order valence-electron chi connectivity index (χ4n) is 5.32. The molecule has 2 aliphatic heterocycles. The number of fused-ring (bicyclic) bond motifs is 1. The maximum Gasteiger partial charge on any atom is 0.243 e. The molecule has 0 spiro atoms. The van der Waals surface area contributed by atoms with Crippen molar-refractivity contribution in [2.75, 3.05) is 26.2 Å². The standard InChI is InChI=1S/C23H34N2O3S/c26-23(24-17-14-20-6-2-3-7-21(20)18-24)13-10-19-8-11-22(12-9-19)29(27,28)25-15-4-1-5-16-25/h8-9,11-12,20-21H,1-7,10,13-18H2/t20-,21-/m0/s1. The molecule has 0 unspecified atom stereocenters. The molecule has 29 heavy (non-hydrogen) atoms. The van der Waals surface area contributed by atoms with Crippen LogP contribution in [0, 0.1) is 11.8 Å². The van der Waals surface area contributed by atoms with Gasteiger partial charge in [-0.25, -0.2) is 8.42 Å². The Hall–Kier alpha value is -1.40. The second-order valence-electron chi connectivity index (χ2n) is 9.04. The van der Waals surface area contributed by atoms with Crippen LogP contribution in [0.3, 0.4) is 0 Å². The van der Waals surface area contributed by atoms with Crippen molar-refractivity contribution in [1.82, 2.24) is 9.21 Å². The van der Waals surface area contributed by atoms with Gasteiger partial charge in [0.15, 0.2) is 0 Å². The highest BCUT2D eigenvalue weighted by molar-refractivity contribution is 7.89. The average molecular weight is 419 g/mol. The summed E-state index contributed by atoms with van der Waals surface area (Å²) in [5.41, 5.74) is 1.03. The van der Waals surface area contributed by atoms with Gasteiger partial charge in [0.25, 0.3) is 0 Å². The highest BCUT2D eigenvalue weighted by atomic mass is 32.2. The first-order chi connectivity index (χ1) is 14.0. The molecule has 1 saturated carbocycles. The minimum absolute atomic E-state index is 0.249. The van der Waals surface area contributed by atoms with E-state index in [-0.39, 0.29) is 5.91 Å². The molecule has 6 heteroatoms. The average Bonchev–Trinajstić information content (AvgIpc) is 2.78. The molecule has 0 bridgehead atoms. The number of carbonyl (C=O) groups is 1. The quantitative estimate of drug-likeness (QED) is 0.730. The van der Waals surface area contributed by atoms with Crippen LogP contribution in [0.2, 0.25) is 0 Å². The molecule has 1 amide bonds. The van der Waals surface area contributed by atoms with Gasteiger partial charge in [0.05, 0.1) is 4.90 Å². The van der Waals surface area contributed by atoms with Crippen LogP contribution >= 0.6 is 0 Å². The largest absolute Gasteiger partial charge is 0.342 e. The number of piperidine rings is 2. The lowest BCUT2D eigenvalue weighted by atomic mass is 9.75. The lowest BCUT2D eigenvalue weighted by molar-refractivity contribution is -0.134. The Balaban J connectivity index is 1.30. The summed E-state index contributed by atoms with van der Waals surface area (Å²) in [7, 11) is -3.38. The summed E-state index contributed by atoms with van der Waals surface area (Å²) in [6.45, 7) is 3.09. The molecule has 5 nitrogen and oxygen atoms in total. The molecule has 1 aliphatic carbocycles.